The van der Waals surface area contributed by atoms with E-state index in [1.54, 1.807) is 56.9 Å². The summed E-state index contributed by atoms with van der Waals surface area (Å²) in [6.45, 7) is 7.26. The lowest BCUT2D eigenvalue weighted by atomic mass is 9.68. The van der Waals surface area contributed by atoms with Crippen LogP contribution in [0.15, 0.2) is 54.6 Å². The fraction of sp³-hybridized carbons (Fsp3) is 0.464. The third kappa shape index (κ3) is 4.34. The first kappa shape index (κ1) is 25.7. The molecule has 2 aliphatic heterocycles. The van der Waals surface area contributed by atoms with Crippen LogP contribution in [0.5, 0.6) is 5.75 Å². The second-order valence-corrected chi connectivity index (χ2v) is 10.0. The predicted octanol–water partition coefficient (Wildman–Crippen LogP) is 3.78. The average Bonchev–Trinajstić information content (AvgIpc) is 3.37. The van der Waals surface area contributed by atoms with Crippen LogP contribution in [-0.2, 0) is 34.0 Å². The van der Waals surface area contributed by atoms with Crippen LogP contribution in [0.3, 0.4) is 0 Å². The lowest BCUT2D eigenvalue weighted by Crippen LogP contribution is -2.50. The van der Waals surface area contributed by atoms with E-state index in [-0.39, 0.29) is 19.6 Å². The maximum Gasteiger partial charge on any atom is 0.326 e. The minimum atomic E-state index is -1.80. The maximum atomic E-state index is 14.5. The highest BCUT2D eigenvalue weighted by Crippen LogP contribution is 2.54. The number of carbonyl (C=O) groups is 3. The molecule has 2 aromatic carbocycles. The Labute approximate surface area is 211 Å². The van der Waals surface area contributed by atoms with Crippen molar-refractivity contribution in [1.29, 1.82) is 0 Å². The molecule has 0 spiro atoms. The van der Waals surface area contributed by atoms with Gasteiger partial charge in [-0.1, -0.05) is 48.5 Å². The molecule has 0 saturated carbocycles. The largest absolute Gasteiger partial charge is 0.496 e. The van der Waals surface area contributed by atoms with Crippen molar-refractivity contribution in [3.05, 3.63) is 65.7 Å². The van der Waals surface area contributed by atoms with E-state index in [1.807, 2.05) is 30.3 Å². The van der Waals surface area contributed by atoms with Crippen LogP contribution < -0.4 is 4.74 Å². The zero-order valence-corrected chi connectivity index (χ0v) is 21.4. The number of hydrogen-bond donors (Lipinski definition) is 0. The van der Waals surface area contributed by atoms with Gasteiger partial charge in [-0.05, 0) is 33.8 Å². The highest BCUT2D eigenvalue weighted by Gasteiger charge is 2.69. The number of methoxy groups -OCH3 is 1. The van der Waals surface area contributed by atoms with Crippen LogP contribution in [0.4, 0.5) is 0 Å². The molecule has 8 heteroatoms. The summed E-state index contributed by atoms with van der Waals surface area (Å²) >= 11 is 0. The number of carbonyl (C=O) groups excluding carboxylic acids is 3. The van der Waals surface area contributed by atoms with Gasteiger partial charge in [0.1, 0.15) is 11.4 Å². The van der Waals surface area contributed by atoms with Crippen LogP contribution in [0.1, 0.15) is 51.5 Å². The molecule has 1 amide bonds. The van der Waals surface area contributed by atoms with E-state index >= 15 is 0 Å². The Hall–Kier alpha value is -3.39. The molecule has 0 radical (unpaired) electrons. The number of para-hydroxylation sites is 1. The minimum absolute atomic E-state index is 0.0749. The van der Waals surface area contributed by atoms with Crippen LogP contribution >= 0.6 is 0 Å². The first-order chi connectivity index (χ1) is 17.1. The van der Waals surface area contributed by atoms with Crippen molar-refractivity contribution in [2.75, 3.05) is 20.3 Å². The number of esters is 2. The Balaban J connectivity index is 1.90. The van der Waals surface area contributed by atoms with E-state index in [0.29, 0.717) is 11.3 Å². The first-order valence-corrected chi connectivity index (χ1v) is 12.2. The molecule has 2 heterocycles. The summed E-state index contributed by atoms with van der Waals surface area (Å²) in [5.74, 6) is -2.13. The molecule has 8 nitrogen and oxygen atoms in total. The van der Waals surface area contributed by atoms with Crippen LogP contribution in [0, 0.1) is 5.92 Å². The second kappa shape index (κ2) is 9.93. The molecular weight excluding hydrogens is 462 g/mol. The van der Waals surface area contributed by atoms with Gasteiger partial charge in [-0.2, -0.15) is 0 Å². The van der Waals surface area contributed by atoms with Crippen LogP contribution in [-0.4, -0.2) is 54.7 Å². The molecule has 2 saturated heterocycles. The standard InChI is InChI=1S/C28H33NO7/c1-6-34-26(32)28(19-14-10-11-15-22(19)33-5)20(16-23(30)36-27(2,3)4)21-17-35-24(29(21)25(28)31)18-12-8-7-9-13-18/h7-15,20-21,24H,6,16-17H2,1-5H3/t20-,21-,24-,28+/m1/s1. The van der Waals surface area contributed by atoms with Crippen molar-refractivity contribution in [3.8, 4) is 5.75 Å². The lowest BCUT2D eigenvalue weighted by Gasteiger charge is -2.34. The summed E-state index contributed by atoms with van der Waals surface area (Å²) in [6.07, 6.45) is -0.873. The van der Waals surface area contributed by atoms with E-state index in [4.69, 9.17) is 18.9 Å². The van der Waals surface area contributed by atoms with Gasteiger partial charge in [-0.3, -0.25) is 14.4 Å². The highest BCUT2D eigenvalue weighted by molar-refractivity contribution is 6.12. The number of amides is 1. The van der Waals surface area contributed by atoms with E-state index in [2.05, 4.69) is 0 Å². The molecule has 0 N–H and O–H groups in total. The Morgan fingerprint density at radius 2 is 1.75 bits per heavy atom. The van der Waals surface area contributed by atoms with E-state index < -0.39 is 47.0 Å². The Kier molecular flexibility index (Phi) is 7.09. The minimum Gasteiger partial charge on any atom is -0.496 e. The van der Waals surface area contributed by atoms with E-state index in [9.17, 15) is 14.4 Å². The van der Waals surface area contributed by atoms with E-state index in [1.165, 1.54) is 7.11 Å². The third-order valence-corrected chi connectivity index (χ3v) is 6.65. The summed E-state index contributed by atoms with van der Waals surface area (Å²) < 4.78 is 22.9. The zero-order chi connectivity index (χ0) is 26.1. The molecular formula is C28H33NO7. The fourth-order valence-electron chi connectivity index (χ4n) is 5.35. The van der Waals surface area contributed by atoms with Gasteiger partial charge in [-0.15, -0.1) is 0 Å². The molecule has 192 valence electrons. The van der Waals surface area contributed by atoms with Gasteiger partial charge in [0, 0.05) is 17.0 Å². The van der Waals surface area contributed by atoms with Crippen molar-refractivity contribution in [3.63, 3.8) is 0 Å². The predicted molar refractivity (Wildman–Crippen MR) is 131 cm³/mol. The molecule has 0 unspecified atom stereocenters. The number of hydrogen-bond acceptors (Lipinski definition) is 7. The Bertz CT molecular complexity index is 1130. The SMILES string of the molecule is CCOC(=O)[C@]1(c2ccccc2OC)C(=O)N2[C@@H](c3ccccc3)OC[C@@H]2[C@H]1CC(=O)OC(C)(C)C. The van der Waals surface area contributed by atoms with Crippen molar-refractivity contribution in [2.24, 2.45) is 5.92 Å². The van der Waals surface area contributed by atoms with Gasteiger partial charge in [-0.25, -0.2) is 0 Å². The molecule has 2 aliphatic rings. The molecule has 36 heavy (non-hydrogen) atoms. The van der Waals surface area contributed by atoms with Gasteiger partial charge in [0.05, 0.1) is 32.8 Å². The Morgan fingerprint density at radius 3 is 2.39 bits per heavy atom. The van der Waals surface area contributed by atoms with Gasteiger partial charge in [0.15, 0.2) is 11.6 Å². The summed E-state index contributed by atoms with van der Waals surface area (Å²) in [6, 6.07) is 15.7. The second-order valence-electron chi connectivity index (χ2n) is 10.0. The fourth-order valence-corrected chi connectivity index (χ4v) is 5.35. The summed E-state index contributed by atoms with van der Waals surface area (Å²) in [5.41, 5.74) is -1.38. The van der Waals surface area contributed by atoms with Crippen molar-refractivity contribution >= 4 is 17.8 Å². The summed E-state index contributed by atoms with van der Waals surface area (Å²) in [4.78, 5) is 43.1. The highest BCUT2D eigenvalue weighted by atomic mass is 16.6. The number of ether oxygens (including phenoxy) is 4. The molecule has 0 aromatic heterocycles. The zero-order valence-electron chi connectivity index (χ0n) is 21.4. The third-order valence-electron chi connectivity index (χ3n) is 6.65. The monoisotopic (exact) mass is 495 g/mol. The van der Waals surface area contributed by atoms with Crippen LogP contribution in [0.2, 0.25) is 0 Å². The quantitative estimate of drug-likeness (QED) is 0.426. The molecule has 0 bridgehead atoms. The smallest absolute Gasteiger partial charge is 0.326 e. The van der Waals surface area contributed by atoms with Crippen molar-refractivity contribution in [1.82, 2.24) is 4.90 Å². The van der Waals surface area contributed by atoms with Gasteiger partial charge in [0.2, 0.25) is 5.91 Å². The maximum absolute atomic E-state index is 14.5. The summed E-state index contributed by atoms with van der Waals surface area (Å²) in [7, 11) is 1.48. The van der Waals surface area contributed by atoms with E-state index in [0.717, 1.165) is 5.56 Å². The molecule has 2 fully saturated rings. The van der Waals surface area contributed by atoms with Gasteiger partial charge < -0.3 is 23.8 Å². The van der Waals surface area contributed by atoms with Crippen molar-refractivity contribution < 1.29 is 33.3 Å². The van der Waals surface area contributed by atoms with Gasteiger partial charge in [0.25, 0.3) is 0 Å². The van der Waals surface area contributed by atoms with Crippen molar-refractivity contribution in [2.45, 2.75) is 57.4 Å². The number of fused-ring (bicyclic) bond motifs is 1. The molecule has 4 rings (SSSR count). The topological polar surface area (TPSA) is 91.4 Å². The number of benzene rings is 2. The molecule has 2 aromatic rings. The number of rotatable bonds is 7. The lowest BCUT2D eigenvalue weighted by molar-refractivity contribution is -0.161. The average molecular weight is 496 g/mol. The Morgan fingerprint density at radius 1 is 1.08 bits per heavy atom. The van der Waals surface area contributed by atoms with Gasteiger partial charge >= 0.3 is 11.9 Å². The number of nitrogens with zero attached hydrogens (tertiary/aromatic N) is 1. The molecule has 0 aliphatic carbocycles. The van der Waals surface area contributed by atoms with Crippen LogP contribution in [0.25, 0.3) is 0 Å². The normalized spacial score (nSPS) is 25.4. The summed E-state index contributed by atoms with van der Waals surface area (Å²) in [5, 5.41) is 0. The first-order valence-electron chi connectivity index (χ1n) is 12.2. The molecule has 4 atom stereocenters.